The number of thioether (sulfide) groups is 1. The summed E-state index contributed by atoms with van der Waals surface area (Å²) < 4.78 is 0. The summed E-state index contributed by atoms with van der Waals surface area (Å²) in [4.78, 5) is 13.9. The zero-order chi connectivity index (χ0) is 11.4. The Labute approximate surface area is 102 Å². The van der Waals surface area contributed by atoms with Crippen molar-refractivity contribution >= 4 is 17.7 Å². The molecule has 0 aliphatic carbocycles. The van der Waals surface area contributed by atoms with Gasteiger partial charge in [0, 0.05) is 19.5 Å². The number of hydrogen-bond donors (Lipinski definition) is 1. The van der Waals surface area contributed by atoms with E-state index in [2.05, 4.69) is 0 Å². The summed E-state index contributed by atoms with van der Waals surface area (Å²) in [6, 6.07) is 0. The SMILES string of the molecule is O=C(CC1CCSCC1)N1CCC[C@H](O)C1. The van der Waals surface area contributed by atoms with Gasteiger partial charge in [-0.25, -0.2) is 0 Å². The smallest absolute Gasteiger partial charge is 0.222 e. The van der Waals surface area contributed by atoms with Gasteiger partial charge in [0.05, 0.1) is 6.10 Å². The zero-order valence-electron chi connectivity index (χ0n) is 9.73. The van der Waals surface area contributed by atoms with Gasteiger partial charge in [-0.1, -0.05) is 0 Å². The van der Waals surface area contributed by atoms with Crippen molar-refractivity contribution < 1.29 is 9.90 Å². The largest absolute Gasteiger partial charge is 0.391 e. The van der Waals surface area contributed by atoms with Crippen LogP contribution in [0.4, 0.5) is 0 Å². The lowest BCUT2D eigenvalue weighted by Gasteiger charge is -2.32. The Morgan fingerprint density at radius 3 is 2.75 bits per heavy atom. The third-order valence-corrected chi connectivity index (χ3v) is 4.60. The Morgan fingerprint density at radius 2 is 2.06 bits per heavy atom. The molecule has 0 aromatic carbocycles. The van der Waals surface area contributed by atoms with Gasteiger partial charge in [-0.3, -0.25) is 4.79 Å². The van der Waals surface area contributed by atoms with E-state index < -0.39 is 0 Å². The molecule has 0 aromatic heterocycles. The van der Waals surface area contributed by atoms with Crippen molar-refractivity contribution in [3.8, 4) is 0 Å². The van der Waals surface area contributed by atoms with Crippen molar-refractivity contribution in [3.63, 3.8) is 0 Å². The average Bonchev–Trinajstić information content (AvgIpc) is 2.30. The molecule has 0 spiro atoms. The van der Waals surface area contributed by atoms with Crippen LogP contribution in [0.25, 0.3) is 0 Å². The number of piperidine rings is 1. The highest BCUT2D eigenvalue weighted by molar-refractivity contribution is 7.99. The van der Waals surface area contributed by atoms with Crippen molar-refractivity contribution in [2.24, 2.45) is 5.92 Å². The van der Waals surface area contributed by atoms with Crippen molar-refractivity contribution in [1.82, 2.24) is 4.90 Å². The number of hydrogen-bond acceptors (Lipinski definition) is 3. The second-order valence-electron chi connectivity index (χ2n) is 4.90. The minimum atomic E-state index is -0.292. The van der Waals surface area contributed by atoms with Crippen molar-refractivity contribution in [2.45, 2.75) is 38.2 Å². The number of likely N-dealkylation sites (tertiary alicyclic amines) is 1. The van der Waals surface area contributed by atoms with Crippen LogP contribution in [0.2, 0.25) is 0 Å². The molecule has 2 rings (SSSR count). The number of carbonyl (C=O) groups is 1. The van der Waals surface area contributed by atoms with E-state index in [1.54, 1.807) is 0 Å². The lowest BCUT2D eigenvalue weighted by Crippen LogP contribution is -2.42. The Hall–Kier alpha value is -0.220. The number of β-amino-alcohol motifs (C(OH)–C–C–N with tert-alkyl or cyclic N) is 1. The first-order valence-corrected chi connectivity index (χ1v) is 7.45. The van der Waals surface area contributed by atoms with Gasteiger partial charge >= 0.3 is 0 Å². The fraction of sp³-hybridized carbons (Fsp3) is 0.917. The second-order valence-corrected chi connectivity index (χ2v) is 6.12. The molecular formula is C12H21NO2S. The van der Waals surface area contributed by atoms with Crippen molar-refractivity contribution in [1.29, 1.82) is 0 Å². The van der Waals surface area contributed by atoms with Crippen LogP contribution in [0.3, 0.4) is 0 Å². The highest BCUT2D eigenvalue weighted by atomic mass is 32.2. The molecule has 1 N–H and O–H groups in total. The van der Waals surface area contributed by atoms with Crippen LogP contribution in [0.1, 0.15) is 32.1 Å². The first-order valence-electron chi connectivity index (χ1n) is 6.29. The lowest BCUT2D eigenvalue weighted by atomic mass is 9.97. The number of aliphatic hydroxyl groups excluding tert-OH is 1. The Bertz CT molecular complexity index is 241. The van der Waals surface area contributed by atoms with Gasteiger partial charge in [0.2, 0.25) is 5.91 Å². The molecule has 2 aliphatic rings. The number of rotatable bonds is 2. The maximum Gasteiger partial charge on any atom is 0.222 e. The molecule has 0 unspecified atom stereocenters. The summed E-state index contributed by atoms with van der Waals surface area (Å²) in [5, 5.41) is 9.54. The van der Waals surface area contributed by atoms with Gasteiger partial charge in [0.1, 0.15) is 0 Å². The molecule has 0 bridgehead atoms. The molecule has 3 nitrogen and oxygen atoms in total. The molecule has 1 atom stereocenters. The maximum absolute atomic E-state index is 12.0. The monoisotopic (exact) mass is 243 g/mol. The summed E-state index contributed by atoms with van der Waals surface area (Å²) in [7, 11) is 0. The van der Waals surface area contributed by atoms with E-state index in [1.807, 2.05) is 16.7 Å². The normalized spacial score (nSPS) is 28.1. The quantitative estimate of drug-likeness (QED) is 0.799. The van der Waals surface area contributed by atoms with Gasteiger partial charge in [0.15, 0.2) is 0 Å². The Balaban J connectivity index is 1.77. The number of amides is 1. The van der Waals surface area contributed by atoms with E-state index in [1.165, 1.54) is 24.3 Å². The first kappa shape index (κ1) is 12.2. The van der Waals surface area contributed by atoms with Crippen LogP contribution in [-0.4, -0.2) is 46.6 Å². The van der Waals surface area contributed by atoms with Crippen LogP contribution in [0.15, 0.2) is 0 Å². The first-order chi connectivity index (χ1) is 7.75. The third-order valence-electron chi connectivity index (χ3n) is 3.55. The summed E-state index contributed by atoms with van der Waals surface area (Å²) in [5.74, 6) is 3.27. The third kappa shape index (κ3) is 3.39. The number of nitrogens with zero attached hydrogens (tertiary/aromatic N) is 1. The van der Waals surface area contributed by atoms with E-state index in [-0.39, 0.29) is 12.0 Å². The molecule has 2 aliphatic heterocycles. The summed E-state index contributed by atoms with van der Waals surface area (Å²) in [5.41, 5.74) is 0. The zero-order valence-corrected chi connectivity index (χ0v) is 10.5. The standard InChI is InChI=1S/C12H21NO2S/c14-11-2-1-5-13(9-11)12(15)8-10-3-6-16-7-4-10/h10-11,14H,1-9H2/t11-/m0/s1. The van der Waals surface area contributed by atoms with E-state index >= 15 is 0 Å². The van der Waals surface area contributed by atoms with Crippen LogP contribution in [0.5, 0.6) is 0 Å². The molecule has 92 valence electrons. The Kier molecular flexibility index (Phi) is 4.53. The van der Waals surface area contributed by atoms with Crippen molar-refractivity contribution in [2.75, 3.05) is 24.6 Å². The van der Waals surface area contributed by atoms with Gasteiger partial charge in [-0.15, -0.1) is 0 Å². The minimum absolute atomic E-state index is 0.260. The number of carbonyl (C=O) groups excluding carboxylic acids is 1. The molecule has 0 saturated carbocycles. The minimum Gasteiger partial charge on any atom is -0.391 e. The maximum atomic E-state index is 12.0. The molecule has 0 aromatic rings. The summed E-state index contributed by atoms with van der Waals surface area (Å²) in [6.45, 7) is 1.40. The highest BCUT2D eigenvalue weighted by Gasteiger charge is 2.25. The second kappa shape index (κ2) is 5.92. The van der Waals surface area contributed by atoms with Crippen LogP contribution < -0.4 is 0 Å². The van der Waals surface area contributed by atoms with Gasteiger partial charge in [-0.05, 0) is 43.1 Å². The topological polar surface area (TPSA) is 40.5 Å². The van der Waals surface area contributed by atoms with E-state index in [0.29, 0.717) is 18.9 Å². The molecular weight excluding hydrogens is 222 g/mol. The lowest BCUT2D eigenvalue weighted by molar-refractivity contribution is -0.135. The average molecular weight is 243 g/mol. The molecule has 1 amide bonds. The van der Waals surface area contributed by atoms with E-state index in [9.17, 15) is 9.90 Å². The van der Waals surface area contributed by atoms with Gasteiger partial charge < -0.3 is 10.0 Å². The number of aliphatic hydroxyl groups is 1. The highest BCUT2D eigenvalue weighted by Crippen LogP contribution is 2.26. The molecule has 4 heteroatoms. The fourth-order valence-electron chi connectivity index (χ4n) is 2.51. The van der Waals surface area contributed by atoms with Crippen molar-refractivity contribution in [3.05, 3.63) is 0 Å². The molecule has 2 saturated heterocycles. The van der Waals surface area contributed by atoms with Crippen LogP contribution in [-0.2, 0) is 4.79 Å². The molecule has 2 heterocycles. The van der Waals surface area contributed by atoms with Gasteiger partial charge in [-0.2, -0.15) is 11.8 Å². The van der Waals surface area contributed by atoms with Crippen LogP contribution in [0, 0.1) is 5.92 Å². The summed E-state index contributed by atoms with van der Waals surface area (Å²) in [6.07, 6.45) is 4.59. The molecule has 2 fully saturated rings. The Morgan fingerprint density at radius 1 is 1.31 bits per heavy atom. The molecule has 0 radical (unpaired) electrons. The predicted octanol–water partition coefficient (Wildman–Crippen LogP) is 1.50. The van der Waals surface area contributed by atoms with Gasteiger partial charge in [0.25, 0.3) is 0 Å². The van der Waals surface area contributed by atoms with Crippen LogP contribution >= 0.6 is 11.8 Å². The van der Waals surface area contributed by atoms with E-state index in [4.69, 9.17) is 0 Å². The predicted molar refractivity (Wildman–Crippen MR) is 66.5 cm³/mol. The van der Waals surface area contributed by atoms with E-state index in [0.717, 1.165) is 19.4 Å². The fourth-order valence-corrected chi connectivity index (χ4v) is 3.71. The molecule has 16 heavy (non-hydrogen) atoms. The summed E-state index contributed by atoms with van der Waals surface area (Å²) >= 11 is 2.00.